The first-order valence-corrected chi connectivity index (χ1v) is 21.1. The first-order valence-electron chi connectivity index (χ1n) is 18.9. The molecule has 0 unspecified atom stereocenters. The van der Waals surface area contributed by atoms with Gasteiger partial charge in [0.15, 0.2) is 11.6 Å². The lowest BCUT2D eigenvalue weighted by Crippen LogP contribution is -2.47. The number of nitrogens with one attached hydrogen (secondary N) is 1. The summed E-state index contributed by atoms with van der Waals surface area (Å²) in [6.45, 7) is 0.161. The fourth-order valence-corrected chi connectivity index (χ4v) is 6.66. The minimum absolute atomic E-state index is 0. The van der Waals surface area contributed by atoms with Crippen molar-refractivity contribution in [1.29, 1.82) is 0 Å². The van der Waals surface area contributed by atoms with Crippen LogP contribution >= 0.6 is 85.0 Å². The summed E-state index contributed by atoms with van der Waals surface area (Å²) in [5.41, 5.74) is -0.534. The van der Waals surface area contributed by atoms with E-state index in [0.29, 0.717) is 24.0 Å². The van der Waals surface area contributed by atoms with Crippen LogP contribution in [-0.2, 0) is 57.5 Å². The number of aromatic nitrogens is 2. The Balaban J connectivity index is 0.000000578. The topological polar surface area (TPSA) is 109 Å². The summed E-state index contributed by atoms with van der Waals surface area (Å²) in [6, 6.07) is 9.93. The number of hydrogen-bond acceptors (Lipinski definition) is 7. The normalized spacial score (nSPS) is 14.0. The number of pyridine rings is 2. The molecule has 0 radical (unpaired) electrons. The third kappa shape index (κ3) is 19.4. The van der Waals surface area contributed by atoms with E-state index in [-0.39, 0.29) is 105 Å². The zero-order valence-corrected chi connectivity index (χ0v) is 39.5. The molecule has 2 aromatic heterocycles. The fraction of sp³-hybridized carbons (Fsp3) is 0.395. The van der Waals surface area contributed by atoms with Crippen LogP contribution in [0.4, 0.5) is 35.1 Å². The van der Waals surface area contributed by atoms with Crippen molar-refractivity contribution in [1.82, 2.24) is 20.2 Å². The number of carbonyl (C=O) groups excluding carboxylic acids is 4. The quantitative estimate of drug-likeness (QED) is 0.0676. The smallest absolute Gasteiger partial charge is 0.327 e. The van der Waals surface area contributed by atoms with Crippen molar-refractivity contribution in [2.45, 2.75) is 83.5 Å². The van der Waals surface area contributed by atoms with Crippen molar-refractivity contribution in [3.05, 3.63) is 128 Å². The molecule has 66 heavy (non-hydrogen) atoms. The van der Waals surface area contributed by atoms with Crippen molar-refractivity contribution in [3.63, 3.8) is 0 Å². The lowest BCUT2D eigenvalue weighted by atomic mass is 9.99. The van der Waals surface area contributed by atoms with E-state index >= 15 is 0 Å². The second-order valence-electron chi connectivity index (χ2n) is 14.5. The highest BCUT2D eigenvalue weighted by Gasteiger charge is 2.42. The van der Waals surface area contributed by atoms with E-state index in [1.54, 1.807) is 0 Å². The van der Waals surface area contributed by atoms with Crippen LogP contribution in [0.15, 0.2) is 73.1 Å². The van der Waals surface area contributed by atoms with Crippen LogP contribution in [0.2, 0.25) is 10.0 Å². The number of carbonyl (C=O) groups is 4. The Hall–Kier alpha value is -3.23. The van der Waals surface area contributed by atoms with Gasteiger partial charge in [0.25, 0.3) is 0 Å². The van der Waals surface area contributed by atoms with Gasteiger partial charge in [-0.25, -0.2) is 8.78 Å². The van der Waals surface area contributed by atoms with Gasteiger partial charge in [-0.1, -0.05) is 54.9 Å². The van der Waals surface area contributed by atoms with Crippen molar-refractivity contribution in [2.75, 3.05) is 11.8 Å². The van der Waals surface area contributed by atoms with E-state index in [9.17, 15) is 54.3 Å². The van der Waals surface area contributed by atoms with Gasteiger partial charge >= 0.3 is 12.4 Å². The van der Waals surface area contributed by atoms with E-state index in [0.717, 1.165) is 49.2 Å². The number of Topliss-reactive ketones (excluding diaryl/α,β-unsaturated/α-hetero) is 2. The highest BCUT2D eigenvalue weighted by atomic mass is 35.5. The number of nitrogens with zero attached hydrogens (tertiary/aromatic N) is 3. The number of rotatable bonds is 16. The average molecular weight is 1080 g/mol. The van der Waals surface area contributed by atoms with E-state index in [1.165, 1.54) is 41.6 Å². The molecule has 2 heterocycles. The summed E-state index contributed by atoms with van der Waals surface area (Å²) in [7, 11) is 0. The van der Waals surface area contributed by atoms with E-state index < -0.39 is 70.0 Å². The molecule has 2 atom stereocenters. The van der Waals surface area contributed by atoms with Gasteiger partial charge < -0.3 is 10.2 Å². The lowest BCUT2D eigenvalue weighted by Gasteiger charge is -2.31. The largest absolute Gasteiger partial charge is 0.416 e. The van der Waals surface area contributed by atoms with Crippen molar-refractivity contribution in [2.24, 2.45) is 11.8 Å². The van der Waals surface area contributed by atoms with Gasteiger partial charge in [0.1, 0.15) is 17.5 Å². The molecule has 2 aromatic carbocycles. The number of amides is 1. The number of hydrogen-bond donors (Lipinski definition) is 1. The molecule has 2 aliphatic rings. The third-order valence-electron chi connectivity index (χ3n) is 9.61. The maximum Gasteiger partial charge on any atom is 0.416 e. The Labute approximate surface area is 415 Å². The Morgan fingerprint density at radius 1 is 0.682 bits per heavy atom. The van der Waals surface area contributed by atoms with Crippen LogP contribution in [0.1, 0.15) is 66.8 Å². The molecule has 0 spiro atoms. The summed E-state index contributed by atoms with van der Waals surface area (Å²) >= 11 is 26.6. The third-order valence-corrected chi connectivity index (χ3v) is 10.8. The predicted molar refractivity (Wildman–Crippen MR) is 249 cm³/mol. The van der Waals surface area contributed by atoms with E-state index in [4.69, 9.17) is 58.0 Å². The van der Waals surface area contributed by atoms with Gasteiger partial charge in [-0.05, 0) is 96.6 Å². The summed E-state index contributed by atoms with van der Waals surface area (Å²) in [5, 5.41) is 2.84. The maximum absolute atomic E-state index is 14.1. The van der Waals surface area contributed by atoms with Gasteiger partial charge in [-0.3, -0.25) is 29.1 Å². The summed E-state index contributed by atoms with van der Waals surface area (Å²) in [5.74, 6) is -2.96. The molecular weight excluding hydrogens is 1030 g/mol. The Bertz CT molecular complexity index is 2220. The standard InChI is InChI=1S/C21H18Cl2F4N2O2.C19H17ClF4N2O.C2H2Cl2O.CH4.2H2S/c22-9-19(31)29(11-12-1-5-14(6-2-12)21(25,26)27)20(13-3-4-13)18(30)8-17-16(24)7-15(23)10-28-17;20-14-7-15(21)16(25-10-14)8-17(27)18(12-3-4-12)26-9-11-1-5-13(6-2-11)19(22,23)24;3-1-2(4)5;;;/h1-2,5-7,10,13,20H,3-4,8-9,11H2;1-2,5-7,10,12,18,26H,3-4,8-9H2;1H2;1H4;2*1H2/t20-;18-;;;;/m00..../s1. The highest BCUT2D eigenvalue weighted by Crippen LogP contribution is 2.38. The van der Waals surface area contributed by atoms with E-state index in [1.807, 2.05) is 0 Å². The Morgan fingerprint density at radius 3 is 1.45 bits per heavy atom. The molecule has 8 nitrogen and oxygen atoms in total. The number of alkyl halides is 8. The van der Waals surface area contributed by atoms with Gasteiger partial charge in [0.2, 0.25) is 11.1 Å². The first-order chi connectivity index (χ1) is 29.6. The molecule has 1 N–H and O–H groups in total. The highest BCUT2D eigenvalue weighted by molar-refractivity contribution is 7.59. The van der Waals surface area contributed by atoms with Crippen LogP contribution in [0.3, 0.4) is 0 Å². The average Bonchev–Trinajstić information content (AvgIpc) is 4.17. The van der Waals surface area contributed by atoms with Gasteiger partial charge in [0, 0.05) is 25.5 Å². The van der Waals surface area contributed by atoms with Crippen LogP contribution in [0.25, 0.3) is 0 Å². The zero-order valence-electron chi connectivity index (χ0n) is 33.7. The molecule has 23 heteroatoms. The number of ketones is 2. The molecule has 0 aliphatic heterocycles. The molecule has 364 valence electrons. The number of benzene rings is 2. The Kier molecular flexibility index (Phi) is 25.5. The van der Waals surface area contributed by atoms with Crippen molar-refractivity contribution < 1.29 is 54.3 Å². The second-order valence-corrected chi connectivity index (χ2v) is 16.3. The molecule has 6 rings (SSSR count). The van der Waals surface area contributed by atoms with Crippen LogP contribution in [0, 0.1) is 23.5 Å². The summed E-state index contributed by atoms with van der Waals surface area (Å²) in [4.78, 5) is 56.6. The van der Waals surface area contributed by atoms with Gasteiger partial charge in [-0.2, -0.15) is 53.3 Å². The lowest BCUT2D eigenvalue weighted by molar-refractivity contribution is -0.139. The predicted octanol–water partition coefficient (Wildman–Crippen LogP) is 11.5. The molecule has 1 amide bonds. The van der Waals surface area contributed by atoms with Crippen LogP contribution in [0.5, 0.6) is 0 Å². The zero-order chi connectivity index (χ0) is 46.6. The minimum Gasteiger partial charge on any atom is -0.327 e. The monoisotopic (exact) mass is 1070 g/mol. The SMILES string of the molecule is C.O=C(Cc1ncc(Cl)cc1F)[C@@H](NCc1ccc(C(F)(F)F)cc1)C1CC1.O=C(Cc1ncc(Cl)cc1F)[C@H](C1CC1)N(Cc1ccc(C(F)(F)F)cc1)C(=O)CCl.O=C(Cl)CCl.S.S. The molecule has 2 fully saturated rings. The van der Waals surface area contributed by atoms with Crippen LogP contribution < -0.4 is 5.32 Å². The molecule has 2 aliphatic carbocycles. The van der Waals surface area contributed by atoms with Gasteiger partial charge in [-0.15, -0.1) is 23.2 Å². The molecule has 0 saturated heterocycles. The summed E-state index contributed by atoms with van der Waals surface area (Å²) in [6.07, 6.45) is -3.69. The van der Waals surface area contributed by atoms with Gasteiger partial charge in [0.05, 0.1) is 63.4 Å². The van der Waals surface area contributed by atoms with E-state index in [2.05, 4.69) is 15.3 Å². The second kappa shape index (κ2) is 27.7. The van der Waals surface area contributed by atoms with Crippen LogP contribution in [-0.4, -0.2) is 61.4 Å². The molecular formula is C43H45Cl5F8N4O4S2. The summed E-state index contributed by atoms with van der Waals surface area (Å²) < 4.78 is 104. The number of halogens is 13. The molecule has 0 bridgehead atoms. The van der Waals surface area contributed by atoms with Crippen molar-refractivity contribution in [3.8, 4) is 0 Å². The minimum atomic E-state index is -4.48. The molecule has 4 aromatic rings. The fourth-order valence-electron chi connectivity index (χ4n) is 6.22. The maximum atomic E-state index is 14.1. The molecule has 2 saturated carbocycles. The Morgan fingerprint density at radius 2 is 1.09 bits per heavy atom. The van der Waals surface area contributed by atoms with Crippen molar-refractivity contribution >= 4 is 108 Å². The first kappa shape index (κ1) is 60.8.